The monoisotopic (exact) mass is 294 g/mol. The standard InChI is InChI=1S/C10H15BrOS2/c1-10(2,3)14-6-9(12)7-4-13-5-8(7)11/h4-5,9,12H,6H2,1-3H3. The molecule has 0 bridgehead atoms. The van der Waals surface area contributed by atoms with E-state index in [9.17, 15) is 5.11 Å². The Bertz CT molecular complexity index is 291. The van der Waals surface area contributed by atoms with Crippen molar-refractivity contribution in [1.29, 1.82) is 0 Å². The first-order valence-electron chi connectivity index (χ1n) is 4.44. The first-order valence-corrected chi connectivity index (χ1v) is 7.16. The molecule has 80 valence electrons. The normalized spacial score (nSPS) is 14.4. The highest BCUT2D eigenvalue weighted by atomic mass is 79.9. The van der Waals surface area contributed by atoms with E-state index in [-0.39, 0.29) is 10.9 Å². The van der Waals surface area contributed by atoms with Crippen LogP contribution in [0.2, 0.25) is 0 Å². The van der Waals surface area contributed by atoms with E-state index in [1.54, 1.807) is 23.1 Å². The number of aliphatic hydroxyl groups excluding tert-OH is 1. The van der Waals surface area contributed by atoms with Gasteiger partial charge in [-0.2, -0.15) is 23.1 Å². The number of aliphatic hydroxyl groups is 1. The molecule has 0 aliphatic heterocycles. The average Bonchev–Trinajstić information content (AvgIpc) is 2.46. The van der Waals surface area contributed by atoms with Crippen molar-refractivity contribution in [3.8, 4) is 0 Å². The smallest absolute Gasteiger partial charge is 0.0899 e. The van der Waals surface area contributed by atoms with Crippen molar-refractivity contribution in [2.24, 2.45) is 0 Å². The minimum Gasteiger partial charge on any atom is -0.387 e. The van der Waals surface area contributed by atoms with Crippen molar-refractivity contribution >= 4 is 39.0 Å². The molecule has 1 heterocycles. The summed E-state index contributed by atoms with van der Waals surface area (Å²) in [6.45, 7) is 6.48. The third kappa shape index (κ3) is 3.93. The Morgan fingerprint density at radius 1 is 1.50 bits per heavy atom. The van der Waals surface area contributed by atoms with Crippen molar-refractivity contribution in [1.82, 2.24) is 0 Å². The molecule has 1 atom stereocenters. The fourth-order valence-electron chi connectivity index (χ4n) is 0.948. The quantitative estimate of drug-likeness (QED) is 0.907. The van der Waals surface area contributed by atoms with Crippen LogP contribution in [0.5, 0.6) is 0 Å². The van der Waals surface area contributed by atoms with Gasteiger partial charge >= 0.3 is 0 Å². The van der Waals surface area contributed by atoms with Crippen molar-refractivity contribution in [2.45, 2.75) is 31.6 Å². The van der Waals surface area contributed by atoms with Crippen molar-refractivity contribution in [3.05, 3.63) is 20.8 Å². The van der Waals surface area contributed by atoms with E-state index in [4.69, 9.17) is 0 Å². The molecular formula is C10H15BrOS2. The van der Waals surface area contributed by atoms with Crippen LogP contribution in [-0.4, -0.2) is 15.6 Å². The van der Waals surface area contributed by atoms with Crippen LogP contribution < -0.4 is 0 Å². The number of hydrogen-bond donors (Lipinski definition) is 1. The lowest BCUT2D eigenvalue weighted by Gasteiger charge is -2.19. The molecule has 1 aromatic heterocycles. The molecule has 0 aliphatic rings. The summed E-state index contributed by atoms with van der Waals surface area (Å²) in [4.78, 5) is 0. The van der Waals surface area contributed by atoms with E-state index in [1.165, 1.54) is 0 Å². The Kier molecular flexibility index (Phi) is 4.50. The van der Waals surface area contributed by atoms with Gasteiger partial charge in [0.05, 0.1) is 6.10 Å². The first kappa shape index (κ1) is 12.6. The van der Waals surface area contributed by atoms with E-state index >= 15 is 0 Å². The first-order chi connectivity index (χ1) is 6.40. The van der Waals surface area contributed by atoms with Crippen LogP contribution in [0.25, 0.3) is 0 Å². The molecule has 0 aliphatic carbocycles. The van der Waals surface area contributed by atoms with Crippen LogP contribution in [0.15, 0.2) is 15.2 Å². The second-order valence-electron chi connectivity index (χ2n) is 4.11. The average molecular weight is 295 g/mol. The minimum absolute atomic E-state index is 0.212. The Hall–Kier alpha value is 0.490. The summed E-state index contributed by atoms with van der Waals surface area (Å²) in [5.74, 6) is 0.749. The Balaban J connectivity index is 2.51. The van der Waals surface area contributed by atoms with E-state index in [1.807, 2.05) is 10.8 Å². The minimum atomic E-state index is -0.361. The van der Waals surface area contributed by atoms with Gasteiger partial charge in [0.2, 0.25) is 0 Å². The van der Waals surface area contributed by atoms with Crippen LogP contribution in [0.3, 0.4) is 0 Å². The van der Waals surface area contributed by atoms with E-state index in [0.717, 1.165) is 15.8 Å². The van der Waals surface area contributed by atoms with Crippen LogP contribution in [-0.2, 0) is 0 Å². The zero-order chi connectivity index (χ0) is 10.8. The zero-order valence-electron chi connectivity index (χ0n) is 8.58. The maximum atomic E-state index is 9.91. The highest BCUT2D eigenvalue weighted by Crippen LogP contribution is 2.32. The SMILES string of the molecule is CC(C)(C)SCC(O)c1cscc1Br. The van der Waals surface area contributed by atoms with Gasteiger partial charge in [0.1, 0.15) is 0 Å². The molecule has 1 rings (SSSR count). The molecule has 14 heavy (non-hydrogen) atoms. The summed E-state index contributed by atoms with van der Waals surface area (Å²) >= 11 is 6.82. The van der Waals surface area contributed by atoms with Crippen molar-refractivity contribution in [2.75, 3.05) is 5.75 Å². The number of thiophene rings is 1. The summed E-state index contributed by atoms with van der Waals surface area (Å²) in [6.07, 6.45) is -0.361. The van der Waals surface area contributed by atoms with Gasteiger partial charge in [-0.05, 0) is 21.3 Å². The maximum absolute atomic E-state index is 9.91. The van der Waals surface area contributed by atoms with Gasteiger partial charge in [-0.25, -0.2) is 0 Å². The zero-order valence-corrected chi connectivity index (χ0v) is 11.8. The van der Waals surface area contributed by atoms with Gasteiger partial charge in [0.15, 0.2) is 0 Å². The topological polar surface area (TPSA) is 20.2 Å². The largest absolute Gasteiger partial charge is 0.387 e. The third-order valence-electron chi connectivity index (χ3n) is 1.68. The predicted octanol–water partition coefficient (Wildman–Crippen LogP) is 4.08. The van der Waals surface area contributed by atoms with Gasteiger partial charge in [-0.15, -0.1) is 0 Å². The second kappa shape index (κ2) is 5.01. The number of thioether (sulfide) groups is 1. The lowest BCUT2D eigenvalue weighted by atomic mass is 10.2. The molecule has 0 fully saturated rings. The summed E-state index contributed by atoms with van der Waals surface area (Å²) in [5.41, 5.74) is 1.01. The lowest BCUT2D eigenvalue weighted by molar-refractivity contribution is 0.203. The fraction of sp³-hybridized carbons (Fsp3) is 0.600. The maximum Gasteiger partial charge on any atom is 0.0899 e. The summed E-state index contributed by atoms with van der Waals surface area (Å²) in [5, 5.41) is 13.9. The molecule has 0 radical (unpaired) electrons. The molecule has 0 aromatic carbocycles. The molecule has 4 heteroatoms. The molecule has 1 nitrogen and oxygen atoms in total. The van der Waals surface area contributed by atoms with E-state index < -0.39 is 0 Å². The Morgan fingerprint density at radius 3 is 2.57 bits per heavy atom. The lowest BCUT2D eigenvalue weighted by Crippen LogP contribution is -2.11. The van der Waals surface area contributed by atoms with Crippen LogP contribution in [0, 0.1) is 0 Å². The second-order valence-corrected chi connectivity index (χ2v) is 7.56. The van der Waals surface area contributed by atoms with Gasteiger partial charge in [-0.3, -0.25) is 0 Å². The molecule has 0 saturated heterocycles. The van der Waals surface area contributed by atoms with Gasteiger partial charge in [0, 0.05) is 25.9 Å². The Labute approximate surface area is 102 Å². The van der Waals surface area contributed by atoms with Crippen LogP contribution in [0.4, 0.5) is 0 Å². The number of halogens is 1. The number of hydrogen-bond acceptors (Lipinski definition) is 3. The molecule has 0 saturated carbocycles. The van der Waals surface area contributed by atoms with E-state index in [2.05, 4.69) is 36.7 Å². The summed E-state index contributed by atoms with van der Waals surface area (Å²) < 4.78 is 1.23. The molecule has 1 aromatic rings. The van der Waals surface area contributed by atoms with Gasteiger partial charge in [-0.1, -0.05) is 20.8 Å². The summed E-state index contributed by atoms with van der Waals surface area (Å²) in [6, 6.07) is 0. The van der Waals surface area contributed by atoms with Crippen molar-refractivity contribution < 1.29 is 5.11 Å². The number of rotatable bonds is 3. The highest BCUT2D eigenvalue weighted by Gasteiger charge is 2.17. The fourth-order valence-corrected chi connectivity index (χ4v) is 3.39. The predicted molar refractivity (Wildman–Crippen MR) is 69.2 cm³/mol. The Morgan fingerprint density at radius 2 is 2.14 bits per heavy atom. The molecule has 0 spiro atoms. The summed E-state index contributed by atoms with van der Waals surface area (Å²) in [7, 11) is 0. The van der Waals surface area contributed by atoms with Crippen molar-refractivity contribution in [3.63, 3.8) is 0 Å². The molecule has 1 N–H and O–H groups in total. The van der Waals surface area contributed by atoms with Crippen LogP contribution >= 0.6 is 39.0 Å². The molecule has 1 unspecified atom stereocenters. The van der Waals surface area contributed by atoms with Gasteiger partial charge in [0.25, 0.3) is 0 Å². The molecular weight excluding hydrogens is 280 g/mol. The third-order valence-corrected chi connectivity index (χ3v) is 4.78. The van der Waals surface area contributed by atoms with Crippen LogP contribution in [0.1, 0.15) is 32.4 Å². The highest BCUT2D eigenvalue weighted by molar-refractivity contribution is 9.10. The van der Waals surface area contributed by atoms with Gasteiger partial charge < -0.3 is 5.11 Å². The van der Waals surface area contributed by atoms with E-state index in [0.29, 0.717) is 0 Å². The molecule has 0 amide bonds.